The SMILES string of the molecule is Cc1ccccc1O[P+](=O)Oc1ccccc1C. The van der Waals surface area contributed by atoms with Crippen LogP contribution < -0.4 is 9.05 Å². The first-order valence-corrected chi connectivity index (χ1v) is 6.71. The quantitative estimate of drug-likeness (QED) is 0.764. The lowest BCUT2D eigenvalue weighted by Gasteiger charge is -1.99. The van der Waals surface area contributed by atoms with Crippen molar-refractivity contribution in [3.63, 3.8) is 0 Å². The molecule has 2 aromatic carbocycles. The summed E-state index contributed by atoms with van der Waals surface area (Å²) in [5.41, 5.74) is 1.85. The van der Waals surface area contributed by atoms with Gasteiger partial charge in [-0.3, -0.25) is 0 Å². The molecule has 4 heteroatoms. The van der Waals surface area contributed by atoms with Gasteiger partial charge >= 0.3 is 8.25 Å². The minimum absolute atomic E-state index is 0.576. The number of aryl methyl sites for hydroxylation is 2. The molecule has 0 heterocycles. The molecule has 0 bridgehead atoms. The Morgan fingerprint density at radius 1 is 0.778 bits per heavy atom. The van der Waals surface area contributed by atoms with Crippen LogP contribution in [0.1, 0.15) is 11.1 Å². The van der Waals surface area contributed by atoms with Gasteiger partial charge < -0.3 is 0 Å². The van der Waals surface area contributed by atoms with E-state index in [1.807, 2.05) is 50.2 Å². The van der Waals surface area contributed by atoms with Gasteiger partial charge in [0, 0.05) is 4.57 Å². The van der Waals surface area contributed by atoms with E-state index in [0.717, 1.165) is 11.1 Å². The molecule has 0 aromatic heterocycles. The van der Waals surface area contributed by atoms with Crippen molar-refractivity contribution in [2.75, 3.05) is 0 Å². The molecule has 2 rings (SSSR count). The van der Waals surface area contributed by atoms with E-state index in [9.17, 15) is 4.57 Å². The highest BCUT2D eigenvalue weighted by atomic mass is 31.1. The van der Waals surface area contributed by atoms with Crippen molar-refractivity contribution in [1.82, 2.24) is 0 Å². The smallest absolute Gasteiger partial charge is 0.222 e. The molecule has 0 atom stereocenters. The summed E-state index contributed by atoms with van der Waals surface area (Å²) in [4.78, 5) is 0. The fourth-order valence-electron chi connectivity index (χ4n) is 1.50. The predicted molar refractivity (Wildman–Crippen MR) is 71.2 cm³/mol. The predicted octanol–water partition coefficient (Wildman–Crippen LogP) is 4.42. The van der Waals surface area contributed by atoms with Crippen molar-refractivity contribution >= 4 is 8.25 Å². The summed E-state index contributed by atoms with van der Waals surface area (Å²) in [5.74, 6) is 1.15. The first-order chi connectivity index (χ1) is 8.66. The average Bonchev–Trinajstić information content (AvgIpc) is 2.35. The van der Waals surface area contributed by atoms with E-state index in [-0.39, 0.29) is 0 Å². The summed E-state index contributed by atoms with van der Waals surface area (Å²) in [5, 5.41) is 0. The average molecular weight is 261 g/mol. The molecule has 0 amide bonds. The standard InChI is InChI=1S/C14H14O3P/c1-11-7-3-5-9-13(11)16-18(15)17-14-10-6-4-8-12(14)2/h3-10H,1-2H3/q+1. The number of para-hydroxylation sites is 2. The van der Waals surface area contributed by atoms with Crippen LogP contribution in [0.15, 0.2) is 48.5 Å². The Bertz CT molecular complexity index is 517. The van der Waals surface area contributed by atoms with Crippen molar-refractivity contribution in [2.24, 2.45) is 0 Å². The lowest BCUT2D eigenvalue weighted by molar-refractivity contribution is 0.413. The maximum absolute atomic E-state index is 11.8. The molecular formula is C14H14O3P+. The van der Waals surface area contributed by atoms with Crippen LogP contribution in [-0.2, 0) is 4.57 Å². The first kappa shape index (κ1) is 12.6. The third-order valence-electron chi connectivity index (χ3n) is 2.53. The summed E-state index contributed by atoms with van der Waals surface area (Å²) in [6.07, 6.45) is 0. The molecule has 0 saturated heterocycles. The molecule has 0 aliphatic carbocycles. The normalized spacial score (nSPS) is 9.89. The maximum Gasteiger partial charge on any atom is 0.805 e. The van der Waals surface area contributed by atoms with E-state index in [4.69, 9.17) is 9.05 Å². The minimum atomic E-state index is -2.22. The fraction of sp³-hybridized carbons (Fsp3) is 0.143. The topological polar surface area (TPSA) is 35.5 Å². The summed E-state index contributed by atoms with van der Waals surface area (Å²) in [7, 11) is -2.22. The van der Waals surface area contributed by atoms with Crippen LogP contribution in [0.3, 0.4) is 0 Å². The molecule has 0 fully saturated rings. The van der Waals surface area contributed by atoms with E-state index in [1.54, 1.807) is 12.1 Å². The highest BCUT2D eigenvalue weighted by Gasteiger charge is 2.25. The van der Waals surface area contributed by atoms with E-state index >= 15 is 0 Å². The van der Waals surface area contributed by atoms with Crippen molar-refractivity contribution in [1.29, 1.82) is 0 Å². The maximum atomic E-state index is 11.8. The van der Waals surface area contributed by atoms with Crippen LogP contribution in [-0.4, -0.2) is 0 Å². The van der Waals surface area contributed by atoms with Crippen molar-refractivity contribution in [2.45, 2.75) is 13.8 Å². The van der Waals surface area contributed by atoms with Crippen LogP contribution >= 0.6 is 8.25 Å². The Balaban J connectivity index is 2.06. The minimum Gasteiger partial charge on any atom is -0.222 e. The second-order valence-corrected chi connectivity index (χ2v) is 4.75. The van der Waals surface area contributed by atoms with Gasteiger partial charge in [0.2, 0.25) is 0 Å². The molecule has 0 N–H and O–H groups in total. The van der Waals surface area contributed by atoms with Gasteiger partial charge in [0.05, 0.1) is 0 Å². The Hall–Kier alpha value is -1.86. The molecule has 0 saturated carbocycles. The van der Waals surface area contributed by atoms with Crippen LogP contribution in [0, 0.1) is 13.8 Å². The molecule has 3 nitrogen and oxygen atoms in total. The highest BCUT2D eigenvalue weighted by Crippen LogP contribution is 2.33. The number of rotatable bonds is 4. The van der Waals surface area contributed by atoms with Crippen molar-refractivity contribution in [3.8, 4) is 11.5 Å². The van der Waals surface area contributed by atoms with Gasteiger partial charge in [-0.25, -0.2) is 9.05 Å². The third kappa shape index (κ3) is 3.08. The van der Waals surface area contributed by atoms with Crippen LogP contribution in [0.4, 0.5) is 0 Å². The van der Waals surface area contributed by atoms with Gasteiger partial charge in [-0.1, -0.05) is 36.4 Å². The van der Waals surface area contributed by atoms with Crippen LogP contribution in [0.25, 0.3) is 0 Å². The lowest BCUT2D eigenvalue weighted by atomic mass is 10.2. The van der Waals surface area contributed by atoms with Crippen molar-refractivity contribution < 1.29 is 13.6 Å². The first-order valence-electron chi connectivity index (χ1n) is 5.61. The van der Waals surface area contributed by atoms with Crippen LogP contribution in [0.5, 0.6) is 11.5 Å². The Morgan fingerprint density at radius 3 is 1.56 bits per heavy atom. The Kier molecular flexibility index (Phi) is 3.96. The van der Waals surface area contributed by atoms with Gasteiger partial charge in [-0.05, 0) is 37.1 Å². The zero-order chi connectivity index (χ0) is 13.0. The Labute approximate surface area is 107 Å². The van der Waals surface area contributed by atoms with E-state index in [1.165, 1.54) is 0 Å². The number of hydrogen-bond donors (Lipinski definition) is 0. The molecule has 18 heavy (non-hydrogen) atoms. The van der Waals surface area contributed by atoms with Gasteiger partial charge in [0.25, 0.3) is 0 Å². The lowest BCUT2D eigenvalue weighted by Crippen LogP contribution is -1.91. The molecule has 0 spiro atoms. The van der Waals surface area contributed by atoms with E-state index < -0.39 is 8.25 Å². The largest absolute Gasteiger partial charge is 0.805 e. The zero-order valence-electron chi connectivity index (χ0n) is 10.3. The highest BCUT2D eigenvalue weighted by molar-refractivity contribution is 7.34. The number of hydrogen-bond acceptors (Lipinski definition) is 3. The third-order valence-corrected chi connectivity index (χ3v) is 3.22. The molecule has 2 aromatic rings. The van der Waals surface area contributed by atoms with Gasteiger partial charge in [-0.2, -0.15) is 0 Å². The monoisotopic (exact) mass is 261 g/mol. The molecule has 0 aliphatic rings. The summed E-state index contributed by atoms with van der Waals surface area (Å²) >= 11 is 0. The van der Waals surface area contributed by atoms with Gasteiger partial charge in [0.1, 0.15) is 0 Å². The van der Waals surface area contributed by atoms with Gasteiger partial charge in [0.15, 0.2) is 11.5 Å². The molecule has 0 radical (unpaired) electrons. The molecule has 0 unspecified atom stereocenters. The fourth-order valence-corrected chi connectivity index (χ4v) is 2.27. The molecular weight excluding hydrogens is 247 g/mol. The zero-order valence-corrected chi connectivity index (χ0v) is 11.2. The van der Waals surface area contributed by atoms with E-state index in [0.29, 0.717) is 11.5 Å². The van der Waals surface area contributed by atoms with E-state index in [2.05, 4.69) is 0 Å². The Morgan fingerprint density at radius 2 is 1.17 bits per heavy atom. The van der Waals surface area contributed by atoms with Crippen molar-refractivity contribution in [3.05, 3.63) is 59.7 Å². The molecule has 92 valence electrons. The second-order valence-electron chi connectivity index (χ2n) is 3.94. The van der Waals surface area contributed by atoms with Gasteiger partial charge in [-0.15, -0.1) is 0 Å². The summed E-state index contributed by atoms with van der Waals surface area (Å²) in [6, 6.07) is 14.8. The number of benzene rings is 2. The second kappa shape index (κ2) is 5.65. The van der Waals surface area contributed by atoms with Crippen LogP contribution in [0.2, 0.25) is 0 Å². The molecule has 0 aliphatic heterocycles. The summed E-state index contributed by atoms with van der Waals surface area (Å²) < 4.78 is 22.4. The summed E-state index contributed by atoms with van der Waals surface area (Å²) in [6.45, 7) is 3.79.